The molecule has 1 atom stereocenters. The van der Waals surface area contributed by atoms with Crippen molar-refractivity contribution in [3.8, 4) is 0 Å². The molecule has 21 heavy (non-hydrogen) atoms. The first kappa shape index (κ1) is 21.1. The van der Waals surface area contributed by atoms with Crippen LogP contribution in [0.4, 0.5) is 0 Å². The Balaban J connectivity index is 3.80. The molecule has 0 aromatic carbocycles. The van der Waals surface area contributed by atoms with Crippen molar-refractivity contribution in [2.24, 2.45) is 5.41 Å². The summed E-state index contributed by atoms with van der Waals surface area (Å²) in [5.74, 6) is 0.400. The number of ketones is 1. The first-order valence-corrected chi connectivity index (χ1v) is 10.3. The smallest absolute Gasteiger partial charge is 0.135 e. The summed E-state index contributed by atoms with van der Waals surface area (Å²) in [4.78, 5) is 12.0. The van der Waals surface area contributed by atoms with Crippen LogP contribution in [0.1, 0.15) is 104 Å². The minimum atomic E-state index is -0.0535. The highest BCUT2D eigenvalue weighted by Crippen LogP contribution is 2.32. The highest BCUT2D eigenvalue weighted by Gasteiger charge is 2.28. The fourth-order valence-electron chi connectivity index (χ4n) is 2.91. The Labute approximate surface area is 141 Å². The molecule has 0 radical (unpaired) electrons. The highest BCUT2D eigenvalue weighted by molar-refractivity contribution is 9.09. The lowest BCUT2D eigenvalue weighted by Crippen LogP contribution is -2.25. The fraction of sp³-hybridized carbons (Fsp3) is 0.947. The van der Waals surface area contributed by atoms with Gasteiger partial charge >= 0.3 is 0 Å². The molecule has 1 nitrogen and oxygen atoms in total. The van der Waals surface area contributed by atoms with Gasteiger partial charge in [-0.1, -0.05) is 94.0 Å². The SMILES string of the molecule is CCCCCCCC(C)(CCCCCCCCBr)C(C)=O. The molecule has 0 aromatic heterocycles. The van der Waals surface area contributed by atoms with Crippen molar-refractivity contribution in [3.63, 3.8) is 0 Å². The Hall–Kier alpha value is 0.150. The van der Waals surface area contributed by atoms with Crippen LogP contribution >= 0.6 is 15.9 Å². The maximum atomic E-state index is 12.0. The number of carbonyl (C=O) groups excluding carboxylic acids is 1. The van der Waals surface area contributed by atoms with Crippen LogP contribution in [0.15, 0.2) is 0 Å². The van der Waals surface area contributed by atoms with Gasteiger partial charge in [-0.15, -0.1) is 0 Å². The molecule has 0 bridgehead atoms. The zero-order chi connectivity index (χ0) is 16.0. The Kier molecular flexibility index (Phi) is 13.9. The van der Waals surface area contributed by atoms with Crippen LogP contribution in [0, 0.1) is 5.41 Å². The number of hydrogen-bond donors (Lipinski definition) is 0. The number of alkyl halides is 1. The number of Topliss-reactive ketones (excluding diaryl/α,β-unsaturated/α-hetero) is 1. The second-order valence-electron chi connectivity index (χ2n) is 6.84. The van der Waals surface area contributed by atoms with E-state index in [1.54, 1.807) is 6.92 Å². The predicted octanol–water partition coefficient (Wildman–Crippen LogP) is 7.07. The fourth-order valence-corrected chi connectivity index (χ4v) is 3.31. The minimum Gasteiger partial charge on any atom is -0.299 e. The Morgan fingerprint density at radius 1 is 0.810 bits per heavy atom. The first-order valence-electron chi connectivity index (χ1n) is 9.14. The van der Waals surface area contributed by atoms with Crippen molar-refractivity contribution >= 4 is 21.7 Å². The van der Waals surface area contributed by atoms with Crippen molar-refractivity contribution in [3.05, 3.63) is 0 Å². The summed E-state index contributed by atoms with van der Waals surface area (Å²) in [6.07, 6.45) is 16.5. The zero-order valence-electron chi connectivity index (χ0n) is 14.7. The predicted molar refractivity (Wildman–Crippen MR) is 98.3 cm³/mol. The molecule has 0 heterocycles. The van der Waals surface area contributed by atoms with E-state index >= 15 is 0 Å². The van der Waals surface area contributed by atoms with Gasteiger partial charge in [-0.25, -0.2) is 0 Å². The van der Waals surface area contributed by atoms with Crippen LogP contribution in [-0.2, 0) is 4.79 Å². The molecule has 0 N–H and O–H groups in total. The molecule has 0 aromatic rings. The summed E-state index contributed by atoms with van der Waals surface area (Å²) in [6, 6.07) is 0. The summed E-state index contributed by atoms with van der Waals surface area (Å²) in [5.41, 5.74) is -0.0535. The van der Waals surface area contributed by atoms with E-state index in [4.69, 9.17) is 0 Å². The molecule has 0 spiro atoms. The van der Waals surface area contributed by atoms with E-state index in [0.29, 0.717) is 5.78 Å². The van der Waals surface area contributed by atoms with Gasteiger partial charge in [-0.05, 0) is 26.2 Å². The van der Waals surface area contributed by atoms with Gasteiger partial charge in [0.25, 0.3) is 0 Å². The third-order valence-corrected chi connectivity index (χ3v) is 5.35. The van der Waals surface area contributed by atoms with Gasteiger partial charge in [0.1, 0.15) is 5.78 Å². The number of unbranched alkanes of at least 4 members (excludes halogenated alkanes) is 9. The van der Waals surface area contributed by atoms with Gasteiger partial charge in [0.05, 0.1) is 0 Å². The maximum absolute atomic E-state index is 12.0. The molecule has 0 aliphatic rings. The van der Waals surface area contributed by atoms with E-state index in [1.807, 2.05) is 0 Å². The molecule has 1 unspecified atom stereocenters. The van der Waals surface area contributed by atoms with Crippen LogP contribution in [0.2, 0.25) is 0 Å². The van der Waals surface area contributed by atoms with Crippen LogP contribution in [0.3, 0.4) is 0 Å². The summed E-state index contributed by atoms with van der Waals surface area (Å²) in [5, 5.41) is 1.13. The standard InChI is InChI=1S/C19H37BrO/c1-4-5-6-9-12-15-19(3,18(2)21)16-13-10-7-8-11-14-17-20/h4-17H2,1-3H3. The van der Waals surface area contributed by atoms with Gasteiger partial charge in [0.15, 0.2) is 0 Å². The number of halogens is 1. The molecule has 0 aliphatic carbocycles. The van der Waals surface area contributed by atoms with Crippen LogP contribution in [-0.4, -0.2) is 11.1 Å². The average Bonchev–Trinajstić information content (AvgIpc) is 2.46. The highest BCUT2D eigenvalue weighted by atomic mass is 79.9. The average molecular weight is 361 g/mol. The quantitative estimate of drug-likeness (QED) is 0.225. The van der Waals surface area contributed by atoms with Crippen molar-refractivity contribution in [2.75, 3.05) is 5.33 Å². The van der Waals surface area contributed by atoms with E-state index < -0.39 is 0 Å². The largest absolute Gasteiger partial charge is 0.299 e. The second kappa shape index (κ2) is 13.8. The van der Waals surface area contributed by atoms with Gasteiger partial charge in [-0.2, -0.15) is 0 Å². The second-order valence-corrected chi connectivity index (χ2v) is 7.63. The van der Waals surface area contributed by atoms with Gasteiger partial charge in [-0.3, -0.25) is 4.79 Å². The molecule has 0 aliphatic heterocycles. The molecule has 0 amide bonds. The van der Waals surface area contributed by atoms with E-state index in [0.717, 1.165) is 18.2 Å². The number of rotatable bonds is 15. The first-order chi connectivity index (χ1) is 10.1. The van der Waals surface area contributed by atoms with Gasteiger partial charge in [0.2, 0.25) is 0 Å². The van der Waals surface area contributed by atoms with Crippen LogP contribution in [0.5, 0.6) is 0 Å². The molecule has 0 saturated carbocycles. The molecule has 0 saturated heterocycles. The number of carbonyl (C=O) groups is 1. The van der Waals surface area contributed by atoms with Crippen LogP contribution < -0.4 is 0 Å². The Bertz CT molecular complexity index is 252. The summed E-state index contributed by atoms with van der Waals surface area (Å²) in [6.45, 7) is 6.24. The van der Waals surface area contributed by atoms with Crippen molar-refractivity contribution in [2.45, 2.75) is 104 Å². The van der Waals surface area contributed by atoms with Crippen LogP contribution in [0.25, 0.3) is 0 Å². The van der Waals surface area contributed by atoms with E-state index in [9.17, 15) is 4.79 Å². The van der Waals surface area contributed by atoms with Crippen molar-refractivity contribution in [1.29, 1.82) is 0 Å². The van der Waals surface area contributed by atoms with E-state index in [1.165, 1.54) is 70.6 Å². The molecule has 2 heteroatoms. The maximum Gasteiger partial charge on any atom is 0.135 e. The molecule has 126 valence electrons. The zero-order valence-corrected chi connectivity index (χ0v) is 16.3. The third kappa shape index (κ3) is 11.4. The lowest BCUT2D eigenvalue weighted by Gasteiger charge is -2.27. The Morgan fingerprint density at radius 3 is 1.67 bits per heavy atom. The topological polar surface area (TPSA) is 17.1 Å². The Morgan fingerprint density at radius 2 is 1.24 bits per heavy atom. The molecule has 0 fully saturated rings. The minimum absolute atomic E-state index is 0.0535. The summed E-state index contributed by atoms with van der Waals surface area (Å²) < 4.78 is 0. The lowest BCUT2D eigenvalue weighted by atomic mass is 9.76. The summed E-state index contributed by atoms with van der Waals surface area (Å²) in [7, 11) is 0. The third-order valence-electron chi connectivity index (χ3n) is 4.79. The molecular weight excluding hydrogens is 324 g/mol. The normalized spacial score (nSPS) is 14.1. The van der Waals surface area contributed by atoms with E-state index in [2.05, 4.69) is 29.8 Å². The number of hydrogen-bond acceptors (Lipinski definition) is 1. The monoisotopic (exact) mass is 360 g/mol. The van der Waals surface area contributed by atoms with Gasteiger partial charge in [0, 0.05) is 10.7 Å². The molecular formula is C19H37BrO. The van der Waals surface area contributed by atoms with E-state index in [-0.39, 0.29) is 5.41 Å². The molecule has 0 rings (SSSR count). The summed E-state index contributed by atoms with van der Waals surface area (Å²) >= 11 is 3.48. The lowest BCUT2D eigenvalue weighted by molar-refractivity contribution is -0.126. The van der Waals surface area contributed by atoms with Crippen molar-refractivity contribution < 1.29 is 4.79 Å². The van der Waals surface area contributed by atoms with Gasteiger partial charge < -0.3 is 0 Å². The van der Waals surface area contributed by atoms with Crippen molar-refractivity contribution in [1.82, 2.24) is 0 Å².